The first-order valence-electron chi connectivity index (χ1n) is 8.53. The number of halogens is 2. The molecule has 0 N–H and O–H groups in total. The van der Waals surface area contributed by atoms with Gasteiger partial charge in [-0.15, -0.1) is 0 Å². The molecule has 2 nitrogen and oxygen atoms in total. The largest absolute Gasteiger partial charge is 0.307 e. The number of Topliss-reactive ketones (excluding diaryl/α,β-unsaturated/α-hetero) is 1. The Morgan fingerprint density at radius 2 is 1.36 bits per heavy atom. The van der Waals surface area contributed by atoms with E-state index in [0.29, 0.717) is 12.8 Å². The molecule has 4 heteroatoms. The van der Waals surface area contributed by atoms with Crippen molar-refractivity contribution in [3.63, 3.8) is 0 Å². The summed E-state index contributed by atoms with van der Waals surface area (Å²) < 4.78 is 26.9. The maximum Gasteiger partial charge on any atom is 0.147 e. The highest BCUT2D eigenvalue weighted by Crippen LogP contribution is 2.39. The van der Waals surface area contributed by atoms with E-state index in [1.807, 2.05) is 32.8 Å². The van der Waals surface area contributed by atoms with Crippen molar-refractivity contribution in [3.05, 3.63) is 71.3 Å². The summed E-state index contributed by atoms with van der Waals surface area (Å²) in [6.07, 6.45) is 0.874. The molecule has 0 aliphatic heterocycles. The first-order chi connectivity index (χ1) is 11.8. The smallest absolute Gasteiger partial charge is 0.147 e. The molecule has 0 aromatic heterocycles. The fraction of sp³-hybridized carbons (Fsp3) is 0.381. The first kappa shape index (κ1) is 19.3. The maximum absolute atomic E-state index is 13.5. The van der Waals surface area contributed by atoms with E-state index >= 15 is 0 Å². The zero-order chi connectivity index (χ0) is 18.6. The van der Waals surface area contributed by atoms with Crippen molar-refractivity contribution in [2.45, 2.75) is 38.1 Å². The lowest BCUT2D eigenvalue weighted by Gasteiger charge is -2.37. The third-order valence-electron chi connectivity index (χ3n) is 4.95. The summed E-state index contributed by atoms with van der Waals surface area (Å²) in [5.41, 5.74) is 0.543. The fourth-order valence-electron chi connectivity index (χ4n) is 3.23. The van der Waals surface area contributed by atoms with Crippen molar-refractivity contribution in [3.8, 4) is 0 Å². The van der Waals surface area contributed by atoms with Gasteiger partial charge in [-0.05, 0) is 62.8 Å². The van der Waals surface area contributed by atoms with Crippen LogP contribution in [-0.2, 0) is 10.2 Å². The lowest BCUT2D eigenvalue weighted by atomic mass is 9.67. The van der Waals surface area contributed by atoms with Gasteiger partial charge >= 0.3 is 0 Å². The highest BCUT2D eigenvalue weighted by atomic mass is 18.2. The van der Waals surface area contributed by atoms with E-state index in [1.165, 1.54) is 24.3 Å². The summed E-state index contributed by atoms with van der Waals surface area (Å²) in [6, 6.07) is 12.2. The lowest BCUT2D eigenvalue weighted by molar-refractivity contribution is -0.123. The van der Waals surface area contributed by atoms with Crippen LogP contribution in [0.4, 0.5) is 8.78 Å². The Morgan fingerprint density at radius 3 is 1.68 bits per heavy atom. The number of ketones is 1. The van der Waals surface area contributed by atoms with Gasteiger partial charge in [-0.3, -0.25) is 4.79 Å². The number of hydrogen-bond acceptors (Lipinski definition) is 2. The minimum Gasteiger partial charge on any atom is -0.307 e. The molecular weight excluding hydrogens is 318 g/mol. The average Bonchev–Trinajstić information content (AvgIpc) is 2.60. The van der Waals surface area contributed by atoms with E-state index in [2.05, 4.69) is 0 Å². The zero-order valence-corrected chi connectivity index (χ0v) is 15.2. The second-order valence-electron chi connectivity index (χ2n) is 6.71. The number of benzene rings is 2. The van der Waals surface area contributed by atoms with Crippen molar-refractivity contribution < 1.29 is 13.6 Å². The Hall–Kier alpha value is -2.07. The van der Waals surface area contributed by atoms with Crippen LogP contribution in [0.5, 0.6) is 0 Å². The maximum atomic E-state index is 13.5. The van der Waals surface area contributed by atoms with Crippen LogP contribution in [0.1, 0.15) is 37.8 Å². The topological polar surface area (TPSA) is 20.3 Å². The van der Waals surface area contributed by atoms with Gasteiger partial charge in [-0.25, -0.2) is 8.78 Å². The van der Waals surface area contributed by atoms with E-state index < -0.39 is 5.41 Å². The predicted octanol–water partition coefficient (Wildman–Crippen LogP) is 4.57. The molecule has 0 bridgehead atoms. The summed E-state index contributed by atoms with van der Waals surface area (Å²) in [7, 11) is 3.92. The van der Waals surface area contributed by atoms with Crippen LogP contribution in [0.25, 0.3) is 0 Å². The molecule has 1 unspecified atom stereocenters. The van der Waals surface area contributed by atoms with Crippen LogP contribution >= 0.6 is 0 Å². The van der Waals surface area contributed by atoms with Crippen molar-refractivity contribution >= 4 is 5.78 Å². The quantitative estimate of drug-likeness (QED) is 0.734. The predicted molar refractivity (Wildman–Crippen MR) is 96.6 cm³/mol. The molecule has 0 fully saturated rings. The molecule has 2 aromatic rings. The van der Waals surface area contributed by atoms with Crippen LogP contribution in [0.15, 0.2) is 48.5 Å². The molecular formula is C21H25F2NO. The van der Waals surface area contributed by atoms with Crippen LogP contribution < -0.4 is 0 Å². The van der Waals surface area contributed by atoms with Crippen molar-refractivity contribution in [1.82, 2.24) is 4.90 Å². The zero-order valence-electron chi connectivity index (χ0n) is 15.2. The Kier molecular flexibility index (Phi) is 6.07. The van der Waals surface area contributed by atoms with Crippen molar-refractivity contribution in [1.29, 1.82) is 0 Å². The molecule has 0 spiro atoms. The Bertz CT molecular complexity index is 662. The molecule has 0 radical (unpaired) electrons. The second kappa shape index (κ2) is 7.87. The number of carbonyl (C=O) groups excluding carboxylic acids is 1. The summed E-state index contributed by atoms with van der Waals surface area (Å²) in [4.78, 5) is 15.2. The Morgan fingerprint density at radius 1 is 0.960 bits per heavy atom. The first-order valence-corrected chi connectivity index (χ1v) is 8.53. The number of rotatable bonds is 7. The van der Waals surface area contributed by atoms with Gasteiger partial charge < -0.3 is 4.90 Å². The van der Waals surface area contributed by atoms with Crippen molar-refractivity contribution in [2.24, 2.45) is 0 Å². The van der Waals surface area contributed by atoms with E-state index in [1.54, 1.807) is 24.3 Å². The summed E-state index contributed by atoms with van der Waals surface area (Å²) in [5, 5.41) is 0. The van der Waals surface area contributed by atoms with Gasteiger partial charge in [-0.1, -0.05) is 31.2 Å². The van der Waals surface area contributed by atoms with E-state index in [-0.39, 0.29) is 23.5 Å². The SMILES string of the molecule is CCC(=O)C(CC(C)N(C)C)(c1ccc([18F])cc1)c1ccc([18F])cc1. The van der Waals surface area contributed by atoms with E-state index in [0.717, 1.165) is 11.1 Å². The molecule has 0 aliphatic carbocycles. The van der Waals surface area contributed by atoms with Gasteiger partial charge in [0.25, 0.3) is 0 Å². The summed E-state index contributed by atoms with van der Waals surface area (Å²) >= 11 is 0. The van der Waals surface area contributed by atoms with Gasteiger partial charge in [0.15, 0.2) is 0 Å². The lowest BCUT2D eigenvalue weighted by Crippen LogP contribution is -2.43. The number of hydrogen-bond donors (Lipinski definition) is 0. The van der Waals surface area contributed by atoms with Crippen LogP contribution in [0.2, 0.25) is 0 Å². The average molecular weight is 343 g/mol. The molecule has 2 aromatic carbocycles. The van der Waals surface area contributed by atoms with Gasteiger partial charge in [0.2, 0.25) is 0 Å². The molecule has 0 amide bonds. The molecule has 0 heterocycles. The van der Waals surface area contributed by atoms with Crippen LogP contribution in [-0.4, -0.2) is 30.8 Å². The van der Waals surface area contributed by atoms with Gasteiger partial charge in [0.1, 0.15) is 17.4 Å². The molecule has 0 aliphatic rings. The second-order valence-corrected chi connectivity index (χ2v) is 6.71. The Labute approximate surface area is 148 Å². The monoisotopic (exact) mass is 343 g/mol. The molecule has 134 valence electrons. The highest BCUT2D eigenvalue weighted by Gasteiger charge is 2.42. The molecule has 2 rings (SSSR count). The molecule has 0 saturated carbocycles. The fourth-order valence-corrected chi connectivity index (χ4v) is 3.23. The number of nitrogens with zero attached hydrogens (tertiary/aromatic N) is 1. The highest BCUT2D eigenvalue weighted by molar-refractivity contribution is 5.93. The van der Waals surface area contributed by atoms with E-state index in [9.17, 15) is 13.6 Å². The molecule has 25 heavy (non-hydrogen) atoms. The number of carbonyl (C=O) groups is 1. The van der Waals surface area contributed by atoms with E-state index in [4.69, 9.17) is 0 Å². The third kappa shape index (κ3) is 3.96. The summed E-state index contributed by atoms with van der Waals surface area (Å²) in [6.45, 7) is 3.87. The van der Waals surface area contributed by atoms with Crippen LogP contribution in [0, 0.1) is 11.6 Å². The van der Waals surface area contributed by atoms with Crippen molar-refractivity contribution in [2.75, 3.05) is 14.1 Å². The van der Waals surface area contributed by atoms with Gasteiger partial charge in [0.05, 0.1) is 5.41 Å². The molecule has 1 atom stereocenters. The third-order valence-corrected chi connectivity index (χ3v) is 4.95. The Balaban J connectivity index is 2.70. The summed E-state index contributed by atoms with van der Waals surface area (Å²) in [5.74, 6) is -0.651. The minimum absolute atomic E-state index is 0.0411. The van der Waals surface area contributed by atoms with Crippen LogP contribution in [0.3, 0.4) is 0 Å². The minimum atomic E-state index is -0.931. The van der Waals surface area contributed by atoms with Gasteiger partial charge in [0, 0.05) is 12.5 Å². The standard InChI is InChI=1S/C21H25F2NO/c1-5-20(25)21(14-15(2)24(3)4,16-6-10-18(22)11-7-16)17-8-12-19(23)13-9-17/h6-13,15H,5,14H2,1-4H3/i22-1,23-1. The normalized spacial score (nSPS) is 13.1. The molecule has 0 saturated heterocycles. The van der Waals surface area contributed by atoms with Gasteiger partial charge in [-0.2, -0.15) is 0 Å².